The molecular weight excluding hydrogens is 344 g/mol. The van der Waals surface area contributed by atoms with Crippen LogP contribution in [-0.2, 0) is 19.1 Å². The Morgan fingerprint density at radius 3 is 1.89 bits per heavy atom. The van der Waals surface area contributed by atoms with Gasteiger partial charge >= 0.3 is 0 Å². The molecule has 0 aliphatic rings. The fourth-order valence-corrected chi connectivity index (χ4v) is 1.75. The molecule has 0 heterocycles. The van der Waals surface area contributed by atoms with Crippen molar-refractivity contribution in [3.8, 4) is 0 Å². The van der Waals surface area contributed by atoms with Crippen molar-refractivity contribution in [2.45, 2.75) is 80.1 Å². The highest BCUT2D eigenvalue weighted by Crippen LogP contribution is 1.98. The van der Waals surface area contributed by atoms with Crippen LogP contribution in [0.15, 0.2) is 0 Å². The van der Waals surface area contributed by atoms with Crippen LogP contribution in [0.2, 0.25) is 0 Å². The second-order valence-corrected chi connectivity index (χ2v) is 6.52. The van der Waals surface area contributed by atoms with E-state index in [1.165, 1.54) is 0 Å². The molecule has 0 aromatic heterocycles. The van der Waals surface area contributed by atoms with Gasteiger partial charge in [0.25, 0.3) is 0 Å². The van der Waals surface area contributed by atoms with Gasteiger partial charge in [0.15, 0.2) is 0 Å². The van der Waals surface area contributed by atoms with E-state index in [-0.39, 0.29) is 12.5 Å². The minimum absolute atomic E-state index is 0.0443. The predicted octanol–water partition coefficient (Wildman–Crippen LogP) is 3.93. The van der Waals surface area contributed by atoms with Gasteiger partial charge in [0, 0.05) is 32.9 Å². The number of hydrogen-bond acceptors (Lipinski definition) is 4. The van der Waals surface area contributed by atoms with Crippen molar-refractivity contribution >= 4 is 12.3 Å². The maximum absolute atomic E-state index is 11.2. The Hall–Kier alpha value is -1.14. The van der Waals surface area contributed by atoms with Gasteiger partial charge in [0.1, 0.15) is 6.61 Å². The normalized spacial score (nSPS) is 9.59. The molecule has 164 valence electrons. The summed E-state index contributed by atoms with van der Waals surface area (Å²) < 4.78 is 10.5. The van der Waals surface area contributed by atoms with Gasteiger partial charge in [0.05, 0.1) is 0 Å². The standard InChI is InChI=1S/C15H30N2O4.C4H10.C2H6/c1-2-20-13-15(19)17-10-6-4-8-12-21-11-7-3-5-9-16-14-18;1-4(2)3;1-2/h14H,2-13H2,1H3,(H,16,18)(H,17,19);4H,1-3H3;1-2H3. The molecule has 6 nitrogen and oxygen atoms in total. The summed E-state index contributed by atoms with van der Waals surface area (Å²) in [5.41, 5.74) is 0. The molecule has 0 atom stereocenters. The molecule has 0 saturated carbocycles. The van der Waals surface area contributed by atoms with Crippen molar-refractivity contribution < 1.29 is 19.1 Å². The van der Waals surface area contributed by atoms with Crippen LogP contribution in [0.5, 0.6) is 0 Å². The number of amides is 2. The fraction of sp³-hybridized carbons (Fsp3) is 0.905. The minimum atomic E-state index is -0.0443. The lowest BCUT2D eigenvalue weighted by atomic mass is 10.2. The Kier molecular flexibility index (Phi) is 33.5. The highest BCUT2D eigenvalue weighted by atomic mass is 16.5. The maximum Gasteiger partial charge on any atom is 0.245 e. The largest absolute Gasteiger partial charge is 0.381 e. The number of carbonyl (C=O) groups excluding carboxylic acids is 2. The molecule has 0 aromatic carbocycles. The average molecular weight is 391 g/mol. The first kappa shape index (κ1) is 30.6. The van der Waals surface area contributed by atoms with E-state index in [4.69, 9.17) is 9.47 Å². The molecular formula is C21H46N2O4. The van der Waals surface area contributed by atoms with Crippen molar-refractivity contribution in [1.82, 2.24) is 10.6 Å². The molecule has 0 aliphatic heterocycles. The van der Waals surface area contributed by atoms with E-state index in [1.807, 2.05) is 20.8 Å². The Balaban J connectivity index is -0.000000841. The Bertz CT molecular complexity index is 285. The molecule has 0 aliphatic carbocycles. The topological polar surface area (TPSA) is 76.7 Å². The van der Waals surface area contributed by atoms with Gasteiger partial charge in [-0.1, -0.05) is 34.6 Å². The summed E-state index contributed by atoms with van der Waals surface area (Å²) in [7, 11) is 0. The van der Waals surface area contributed by atoms with Gasteiger partial charge in [-0.15, -0.1) is 0 Å². The average Bonchev–Trinajstić information content (AvgIpc) is 2.65. The molecule has 0 bridgehead atoms. The van der Waals surface area contributed by atoms with Crippen molar-refractivity contribution in [1.29, 1.82) is 0 Å². The molecule has 0 aromatic rings. The molecule has 0 rings (SSSR count). The number of rotatable bonds is 16. The van der Waals surface area contributed by atoms with E-state index >= 15 is 0 Å². The summed E-state index contributed by atoms with van der Waals surface area (Å²) in [6, 6.07) is 0. The quantitative estimate of drug-likeness (QED) is 0.309. The first-order chi connectivity index (χ1) is 13.0. The van der Waals surface area contributed by atoms with Gasteiger partial charge in [-0.25, -0.2) is 0 Å². The van der Waals surface area contributed by atoms with Crippen LogP contribution in [0.3, 0.4) is 0 Å². The van der Waals surface area contributed by atoms with E-state index < -0.39 is 0 Å². The van der Waals surface area contributed by atoms with Crippen LogP contribution in [0.25, 0.3) is 0 Å². The third-order valence-corrected chi connectivity index (χ3v) is 2.92. The first-order valence-electron chi connectivity index (χ1n) is 10.6. The van der Waals surface area contributed by atoms with Crippen LogP contribution < -0.4 is 10.6 Å². The number of nitrogens with one attached hydrogen (secondary N) is 2. The van der Waals surface area contributed by atoms with Crippen LogP contribution in [0.4, 0.5) is 0 Å². The Morgan fingerprint density at radius 1 is 0.889 bits per heavy atom. The maximum atomic E-state index is 11.2. The molecule has 0 saturated heterocycles. The zero-order chi connectivity index (χ0) is 21.2. The zero-order valence-corrected chi connectivity index (χ0v) is 18.8. The summed E-state index contributed by atoms with van der Waals surface area (Å²) in [6.45, 7) is 16.1. The lowest BCUT2D eigenvalue weighted by molar-refractivity contribution is -0.125. The van der Waals surface area contributed by atoms with E-state index in [0.29, 0.717) is 13.2 Å². The third kappa shape index (κ3) is 40.7. The zero-order valence-electron chi connectivity index (χ0n) is 18.8. The Morgan fingerprint density at radius 2 is 1.41 bits per heavy atom. The monoisotopic (exact) mass is 390 g/mol. The van der Waals surface area contributed by atoms with Crippen molar-refractivity contribution in [2.75, 3.05) is 39.5 Å². The number of unbranched alkanes of at least 4 members (excludes halogenated alkanes) is 4. The van der Waals surface area contributed by atoms with Gasteiger partial charge in [-0.2, -0.15) is 0 Å². The smallest absolute Gasteiger partial charge is 0.245 e. The summed E-state index contributed by atoms with van der Waals surface area (Å²) >= 11 is 0. The second kappa shape index (κ2) is 29.6. The second-order valence-electron chi connectivity index (χ2n) is 6.52. The molecule has 0 unspecified atom stereocenters. The summed E-state index contributed by atoms with van der Waals surface area (Å²) in [5.74, 6) is 0.789. The number of hydrogen-bond donors (Lipinski definition) is 2. The third-order valence-electron chi connectivity index (χ3n) is 2.92. The minimum Gasteiger partial charge on any atom is -0.381 e. The predicted molar refractivity (Wildman–Crippen MR) is 114 cm³/mol. The van der Waals surface area contributed by atoms with Crippen molar-refractivity contribution in [3.63, 3.8) is 0 Å². The van der Waals surface area contributed by atoms with Crippen LogP contribution in [0.1, 0.15) is 80.1 Å². The summed E-state index contributed by atoms with van der Waals surface area (Å²) in [6.07, 6.45) is 6.89. The number of carbonyl (C=O) groups is 2. The van der Waals surface area contributed by atoms with E-state index in [9.17, 15) is 9.59 Å². The summed E-state index contributed by atoms with van der Waals surface area (Å²) in [5, 5.41) is 5.46. The van der Waals surface area contributed by atoms with Gasteiger partial charge in [-0.3, -0.25) is 9.59 Å². The van der Waals surface area contributed by atoms with Crippen LogP contribution >= 0.6 is 0 Å². The lowest BCUT2D eigenvalue weighted by Gasteiger charge is -2.06. The molecule has 0 fully saturated rings. The number of ether oxygens (including phenoxy) is 2. The van der Waals surface area contributed by atoms with E-state index in [0.717, 1.165) is 70.6 Å². The molecule has 0 radical (unpaired) electrons. The highest BCUT2D eigenvalue weighted by Gasteiger charge is 1.99. The van der Waals surface area contributed by atoms with E-state index in [2.05, 4.69) is 31.4 Å². The Labute approximate surface area is 168 Å². The molecule has 0 spiro atoms. The molecule has 6 heteroatoms. The summed E-state index contributed by atoms with van der Waals surface area (Å²) in [4.78, 5) is 21.2. The van der Waals surface area contributed by atoms with Gasteiger partial charge in [0.2, 0.25) is 12.3 Å². The SMILES string of the molecule is CC.CC(C)C.CCOCC(=O)NCCCCCOCCCCCNC=O. The van der Waals surface area contributed by atoms with Crippen molar-refractivity contribution in [2.24, 2.45) is 5.92 Å². The molecule has 2 N–H and O–H groups in total. The van der Waals surface area contributed by atoms with E-state index in [1.54, 1.807) is 0 Å². The van der Waals surface area contributed by atoms with Crippen LogP contribution in [-0.4, -0.2) is 51.8 Å². The van der Waals surface area contributed by atoms with Gasteiger partial charge < -0.3 is 20.1 Å². The first-order valence-corrected chi connectivity index (χ1v) is 10.6. The van der Waals surface area contributed by atoms with Crippen LogP contribution in [0, 0.1) is 5.92 Å². The lowest BCUT2D eigenvalue weighted by Crippen LogP contribution is -2.28. The molecule has 2 amide bonds. The van der Waals surface area contributed by atoms with Crippen molar-refractivity contribution in [3.05, 3.63) is 0 Å². The highest BCUT2D eigenvalue weighted by molar-refractivity contribution is 5.77. The van der Waals surface area contributed by atoms with Gasteiger partial charge in [-0.05, 0) is 51.4 Å². The molecule has 27 heavy (non-hydrogen) atoms. The fourth-order valence-electron chi connectivity index (χ4n) is 1.75.